The van der Waals surface area contributed by atoms with Crippen molar-refractivity contribution in [2.75, 3.05) is 19.6 Å². The highest BCUT2D eigenvalue weighted by Crippen LogP contribution is 2.22. The van der Waals surface area contributed by atoms with Crippen molar-refractivity contribution < 1.29 is 4.74 Å². The number of piperazine rings is 1. The summed E-state index contributed by atoms with van der Waals surface area (Å²) in [5, 5.41) is 3.42. The van der Waals surface area contributed by atoms with Crippen LogP contribution in [0.3, 0.4) is 0 Å². The highest BCUT2D eigenvalue weighted by atomic mass is 35.5. The molecule has 1 aliphatic rings. The van der Waals surface area contributed by atoms with Crippen LogP contribution in [0.25, 0.3) is 0 Å². The van der Waals surface area contributed by atoms with Crippen molar-refractivity contribution in [3.8, 4) is 5.75 Å². The summed E-state index contributed by atoms with van der Waals surface area (Å²) in [7, 11) is 0. The van der Waals surface area contributed by atoms with Crippen LogP contribution in [0.1, 0.15) is 26.3 Å². The second-order valence-electron chi connectivity index (χ2n) is 5.30. The lowest BCUT2D eigenvalue weighted by Crippen LogP contribution is -2.49. The molecule has 1 aromatic rings. The van der Waals surface area contributed by atoms with E-state index in [9.17, 15) is 0 Å². The Balaban J connectivity index is 0.00000180. The summed E-state index contributed by atoms with van der Waals surface area (Å²) in [6.07, 6.45) is 0.228. The fourth-order valence-electron chi connectivity index (χ4n) is 2.34. The molecular formula is C15H25ClN2O. The Morgan fingerprint density at radius 2 is 2.11 bits per heavy atom. The number of nitrogens with zero attached hydrogens (tertiary/aromatic N) is 1. The molecule has 1 saturated heterocycles. The number of para-hydroxylation sites is 1. The van der Waals surface area contributed by atoms with Gasteiger partial charge in [0.1, 0.15) is 5.75 Å². The third kappa shape index (κ3) is 4.68. The van der Waals surface area contributed by atoms with Gasteiger partial charge < -0.3 is 10.1 Å². The molecule has 1 aromatic carbocycles. The molecule has 0 spiro atoms. The third-order valence-corrected chi connectivity index (χ3v) is 3.35. The third-order valence-electron chi connectivity index (χ3n) is 3.35. The van der Waals surface area contributed by atoms with Gasteiger partial charge in [0.25, 0.3) is 0 Å². The minimum absolute atomic E-state index is 0. The van der Waals surface area contributed by atoms with Crippen LogP contribution in [0.2, 0.25) is 0 Å². The first-order chi connectivity index (χ1) is 8.66. The van der Waals surface area contributed by atoms with Crippen molar-refractivity contribution in [2.45, 2.75) is 39.5 Å². The smallest absolute Gasteiger partial charge is 0.124 e. The molecule has 4 heteroatoms. The highest BCUT2D eigenvalue weighted by Gasteiger charge is 2.19. The summed E-state index contributed by atoms with van der Waals surface area (Å²) in [6, 6.07) is 8.97. The molecule has 0 aliphatic carbocycles. The molecule has 0 bridgehead atoms. The molecule has 19 heavy (non-hydrogen) atoms. The second-order valence-corrected chi connectivity index (χ2v) is 5.30. The van der Waals surface area contributed by atoms with Gasteiger partial charge in [0, 0.05) is 37.8 Å². The lowest BCUT2D eigenvalue weighted by Gasteiger charge is -2.34. The van der Waals surface area contributed by atoms with Crippen LogP contribution in [0.5, 0.6) is 5.75 Å². The molecule has 0 radical (unpaired) electrons. The lowest BCUT2D eigenvalue weighted by atomic mass is 10.1. The van der Waals surface area contributed by atoms with Gasteiger partial charge in [0.15, 0.2) is 0 Å². The fraction of sp³-hybridized carbons (Fsp3) is 0.600. The van der Waals surface area contributed by atoms with E-state index in [2.05, 4.69) is 49.2 Å². The quantitative estimate of drug-likeness (QED) is 0.920. The van der Waals surface area contributed by atoms with Crippen molar-refractivity contribution in [1.29, 1.82) is 0 Å². The van der Waals surface area contributed by atoms with Gasteiger partial charge in [-0.1, -0.05) is 18.2 Å². The predicted molar refractivity (Wildman–Crippen MR) is 82.2 cm³/mol. The van der Waals surface area contributed by atoms with E-state index in [0.717, 1.165) is 31.9 Å². The van der Waals surface area contributed by atoms with Gasteiger partial charge in [-0.3, -0.25) is 4.90 Å². The number of halogens is 1. The molecule has 1 aliphatic heterocycles. The van der Waals surface area contributed by atoms with Crippen LogP contribution in [-0.4, -0.2) is 36.7 Å². The van der Waals surface area contributed by atoms with Crippen molar-refractivity contribution >= 4 is 12.4 Å². The van der Waals surface area contributed by atoms with E-state index in [4.69, 9.17) is 4.74 Å². The number of hydrogen-bond donors (Lipinski definition) is 1. The monoisotopic (exact) mass is 284 g/mol. The van der Waals surface area contributed by atoms with Crippen LogP contribution in [0, 0.1) is 0 Å². The van der Waals surface area contributed by atoms with Crippen molar-refractivity contribution in [2.24, 2.45) is 0 Å². The van der Waals surface area contributed by atoms with Gasteiger partial charge in [-0.15, -0.1) is 12.4 Å². The molecule has 108 valence electrons. The Morgan fingerprint density at radius 3 is 2.79 bits per heavy atom. The van der Waals surface area contributed by atoms with Crippen LogP contribution >= 0.6 is 12.4 Å². The van der Waals surface area contributed by atoms with E-state index < -0.39 is 0 Å². The molecule has 3 nitrogen and oxygen atoms in total. The molecular weight excluding hydrogens is 260 g/mol. The summed E-state index contributed by atoms with van der Waals surface area (Å²) in [6.45, 7) is 10.7. The first-order valence-electron chi connectivity index (χ1n) is 6.86. The maximum atomic E-state index is 5.88. The molecule has 1 heterocycles. The second kappa shape index (κ2) is 7.73. The van der Waals surface area contributed by atoms with Gasteiger partial charge in [-0.2, -0.15) is 0 Å². The Bertz CT molecular complexity index is 384. The van der Waals surface area contributed by atoms with E-state index in [1.54, 1.807) is 0 Å². The average molecular weight is 285 g/mol. The Kier molecular flexibility index (Phi) is 6.63. The Morgan fingerprint density at radius 1 is 1.37 bits per heavy atom. The van der Waals surface area contributed by atoms with E-state index in [1.807, 2.05) is 6.07 Å². The number of nitrogens with one attached hydrogen (secondary N) is 1. The van der Waals surface area contributed by atoms with Crippen LogP contribution in [0.15, 0.2) is 24.3 Å². The molecule has 0 unspecified atom stereocenters. The highest BCUT2D eigenvalue weighted by molar-refractivity contribution is 5.85. The minimum Gasteiger partial charge on any atom is -0.491 e. The summed E-state index contributed by atoms with van der Waals surface area (Å²) in [5.41, 5.74) is 1.29. The lowest BCUT2D eigenvalue weighted by molar-refractivity contribution is 0.161. The van der Waals surface area contributed by atoms with Crippen molar-refractivity contribution in [3.63, 3.8) is 0 Å². The zero-order valence-electron chi connectivity index (χ0n) is 12.1. The number of rotatable bonds is 4. The van der Waals surface area contributed by atoms with Gasteiger partial charge in [0.05, 0.1) is 6.10 Å². The molecule has 0 aromatic heterocycles. The molecule has 0 saturated carbocycles. The number of ether oxygens (including phenoxy) is 1. The Hall–Kier alpha value is -0.770. The molecule has 2 rings (SSSR count). The summed E-state index contributed by atoms with van der Waals surface area (Å²) < 4.78 is 5.88. The standard InChI is InChI=1S/C15H24N2O.ClH/c1-12(2)18-15-7-5-4-6-14(15)11-17-9-8-16-10-13(17)3;/h4-7,12-13,16H,8-11H2,1-3H3;1H/t13-;/m0./s1. The van der Waals surface area contributed by atoms with Gasteiger partial charge >= 0.3 is 0 Å². The SMILES string of the molecule is CC(C)Oc1ccccc1CN1CCNC[C@@H]1C.Cl. The normalized spacial score (nSPS) is 20.1. The number of benzene rings is 1. The number of hydrogen-bond acceptors (Lipinski definition) is 3. The largest absolute Gasteiger partial charge is 0.491 e. The first kappa shape index (κ1) is 16.3. The van der Waals surface area contributed by atoms with E-state index in [1.165, 1.54) is 5.56 Å². The zero-order chi connectivity index (χ0) is 13.0. The maximum absolute atomic E-state index is 5.88. The summed E-state index contributed by atoms with van der Waals surface area (Å²) in [4.78, 5) is 2.51. The molecule has 1 atom stereocenters. The molecule has 1 N–H and O–H groups in total. The van der Waals surface area contributed by atoms with Gasteiger partial charge in [-0.05, 0) is 26.8 Å². The van der Waals surface area contributed by atoms with E-state index >= 15 is 0 Å². The topological polar surface area (TPSA) is 24.5 Å². The van der Waals surface area contributed by atoms with Gasteiger partial charge in [-0.25, -0.2) is 0 Å². The summed E-state index contributed by atoms with van der Waals surface area (Å²) >= 11 is 0. The maximum Gasteiger partial charge on any atom is 0.124 e. The van der Waals surface area contributed by atoms with Crippen LogP contribution < -0.4 is 10.1 Å². The summed E-state index contributed by atoms with van der Waals surface area (Å²) in [5.74, 6) is 1.03. The van der Waals surface area contributed by atoms with E-state index in [0.29, 0.717) is 6.04 Å². The van der Waals surface area contributed by atoms with E-state index in [-0.39, 0.29) is 18.5 Å². The molecule has 0 amide bonds. The van der Waals surface area contributed by atoms with Crippen molar-refractivity contribution in [3.05, 3.63) is 29.8 Å². The zero-order valence-corrected chi connectivity index (χ0v) is 12.9. The van der Waals surface area contributed by atoms with Crippen LogP contribution in [0.4, 0.5) is 0 Å². The van der Waals surface area contributed by atoms with Crippen molar-refractivity contribution in [1.82, 2.24) is 10.2 Å². The predicted octanol–water partition coefficient (Wildman–Crippen LogP) is 2.69. The van der Waals surface area contributed by atoms with Crippen LogP contribution in [-0.2, 0) is 6.54 Å². The first-order valence-corrected chi connectivity index (χ1v) is 6.86. The molecule has 1 fully saturated rings. The fourth-order valence-corrected chi connectivity index (χ4v) is 2.34. The Labute approximate surface area is 122 Å². The average Bonchev–Trinajstić information content (AvgIpc) is 2.34. The van der Waals surface area contributed by atoms with Gasteiger partial charge in [0.2, 0.25) is 0 Å². The minimum atomic E-state index is 0.